The third-order valence-electron chi connectivity index (χ3n) is 1.95. The van der Waals surface area contributed by atoms with Crippen LogP contribution in [0.2, 0.25) is 0 Å². The lowest BCUT2D eigenvalue weighted by Crippen LogP contribution is -2.48. The van der Waals surface area contributed by atoms with Gasteiger partial charge < -0.3 is 21.3 Å². The number of hydrogen-bond donors (Lipinski definition) is 4. The normalized spacial score (nSPS) is 16.9. The summed E-state index contributed by atoms with van der Waals surface area (Å²) in [5.41, 5.74) is 4.32. The summed E-state index contributed by atoms with van der Waals surface area (Å²) in [6.07, 6.45) is 2.55. The number of hydrogen-bond acceptors (Lipinski definition) is 5. The number of carbonyl (C=O) groups excluding carboxylic acids is 1. The quantitative estimate of drug-likeness (QED) is 0.451. The van der Waals surface area contributed by atoms with Gasteiger partial charge in [-0.1, -0.05) is 0 Å². The maximum Gasteiger partial charge on any atom is 0.237 e. The van der Waals surface area contributed by atoms with Gasteiger partial charge in [-0.2, -0.15) is 11.8 Å². The van der Waals surface area contributed by atoms with Crippen molar-refractivity contribution in [2.75, 3.05) is 25.2 Å². The predicted octanol–water partition coefficient (Wildman–Crippen LogP) is -1.07. The van der Waals surface area contributed by atoms with Crippen LogP contribution in [0.5, 0.6) is 0 Å². The molecule has 0 radical (unpaired) electrons. The Kier molecular flexibility index (Phi) is 6.91. The molecule has 0 aliphatic rings. The molecule has 0 aliphatic carbocycles. The van der Waals surface area contributed by atoms with Gasteiger partial charge in [0.25, 0.3) is 0 Å². The van der Waals surface area contributed by atoms with E-state index in [-0.39, 0.29) is 12.5 Å². The van der Waals surface area contributed by atoms with Gasteiger partial charge in [0.05, 0.1) is 12.6 Å². The minimum absolute atomic E-state index is 0.00923. The Hall–Kier alpha value is -0.300. The molecule has 15 heavy (non-hydrogen) atoms. The Morgan fingerprint density at radius 3 is 2.73 bits per heavy atom. The molecule has 6 heteroatoms. The summed E-state index contributed by atoms with van der Waals surface area (Å²) in [5, 5.41) is 20.7. The number of rotatable bonds is 7. The number of aliphatic hydroxyl groups excluding tert-OH is 1. The molecule has 1 amide bonds. The maximum absolute atomic E-state index is 11.4. The van der Waals surface area contributed by atoms with Crippen molar-refractivity contribution in [3.05, 3.63) is 0 Å². The van der Waals surface area contributed by atoms with Crippen LogP contribution in [0.4, 0.5) is 0 Å². The van der Waals surface area contributed by atoms with E-state index in [1.165, 1.54) is 6.92 Å². The van der Waals surface area contributed by atoms with E-state index in [1.807, 2.05) is 6.26 Å². The molecular formula is C9H20N2O3S. The molecule has 5 nitrogen and oxygen atoms in total. The zero-order valence-electron chi connectivity index (χ0n) is 9.19. The molecule has 0 aromatic heterocycles. The minimum Gasteiger partial charge on any atom is -0.393 e. The lowest BCUT2D eigenvalue weighted by atomic mass is 10.1. The first kappa shape index (κ1) is 14.7. The van der Waals surface area contributed by atoms with Crippen molar-refractivity contribution in [1.29, 1.82) is 0 Å². The maximum atomic E-state index is 11.4. The second-order valence-corrected chi connectivity index (χ2v) is 4.75. The summed E-state index contributed by atoms with van der Waals surface area (Å²) < 4.78 is 0. The van der Waals surface area contributed by atoms with Gasteiger partial charge >= 0.3 is 0 Å². The molecule has 0 aliphatic heterocycles. The number of amides is 1. The van der Waals surface area contributed by atoms with Crippen molar-refractivity contribution < 1.29 is 15.0 Å². The van der Waals surface area contributed by atoms with E-state index >= 15 is 0 Å². The fraction of sp³-hybridized carbons (Fsp3) is 0.889. The van der Waals surface area contributed by atoms with Crippen molar-refractivity contribution in [1.82, 2.24) is 5.32 Å². The molecule has 0 bridgehead atoms. The van der Waals surface area contributed by atoms with Crippen LogP contribution in [0.15, 0.2) is 0 Å². The second kappa shape index (κ2) is 7.05. The highest BCUT2D eigenvalue weighted by Crippen LogP contribution is 2.01. The Morgan fingerprint density at radius 2 is 2.27 bits per heavy atom. The van der Waals surface area contributed by atoms with E-state index in [2.05, 4.69) is 5.32 Å². The molecule has 0 saturated carbocycles. The van der Waals surface area contributed by atoms with Gasteiger partial charge in [0.2, 0.25) is 5.91 Å². The van der Waals surface area contributed by atoms with Gasteiger partial charge in [0.15, 0.2) is 0 Å². The zero-order valence-corrected chi connectivity index (χ0v) is 10.0. The monoisotopic (exact) mass is 236 g/mol. The van der Waals surface area contributed by atoms with E-state index in [0.29, 0.717) is 6.42 Å². The summed E-state index contributed by atoms with van der Waals surface area (Å²) in [5.74, 6) is 0.531. The highest BCUT2D eigenvalue weighted by molar-refractivity contribution is 7.98. The molecule has 0 rings (SSSR count). The average Bonchev–Trinajstić information content (AvgIpc) is 2.22. The standard InChI is InChI=1S/C9H20N2O3S/c1-9(14,6-12)5-11-8(13)7(10)3-4-15-2/h7,12,14H,3-6,10H2,1-2H3,(H,11,13)/t7-,9?/m0/s1. The van der Waals surface area contributed by atoms with Gasteiger partial charge in [0, 0.05) is 6.54 Å². The molecule has 0 heterocycles. The van der Waals surface area contributed by atoms with Crippen molar-refractivity contribution in [3.63, 3.8) is 0 Å². The van der Waals surface area contributed by atoms with E-state index in [0.717, 1.165) is 5.75 Å². The van der Waals surface area contributed by atoms with Crippen LogP contribution in [0, 0.1) is 0 Å². The molecule has 0 fully saturated rings. The summed E-state index contributed by atoms with van der Waals surface area (Å²) in [6.45, 7) is 1.06. The lowest BCUT2D eigenvalue weighted by molar-refractivity contribution is -0.123. The summed E-state index contributed by atoms with van der Waals surface area (Å²) in [6, 6.07) is -0.549. The van der Waals surface area contributed by atoms with Gasteiger partial charge in [-0.15, -0.1) is 0 Å². The third-order valence-corrected chi connectivity index (χ3v) is 2.60. The third kappa shape index (κ3) is 6.72. The van der Waals surface area contributed by atoms with E-state index in [9.17, 15) is 9.90 Å². The number of carbonyl (C=O) groups is 1. The summed E-state index contributed by atoms with van der Waals surface area (Å²) >= 11 is 1.63. The minimum atomic E-state index is -1.28. The lowest BCUT2D eigenvalue weighted by Gasteiger charge is -2.21. The Bertz CT molecular complexity index is 200. The van der Waals surface area contributed by atoms with Gasteiger partial charge in [-0.3, -0.25) is 4.79 Å². The van der Waals surface area contributed by atoms with Crippen LogP contribution in [0.1, 0.15) is 13.3 Å². The zero-order chi connectivity index (χ0) is 11.9. The number of aliphatic hydroxyl groups is 2. The van der Waals surface area contributed by atoms with Crippen LogP contribution in [0.25, 0.3) is 0 Å². The van der Waals surface area contributed by atoms with Gasteiger partial charge in [0.1, 0.15) is 5.60 Å². The van der Waals surface area contributed by atoms with Crippen LogP contribution in [-0.4, -0.2) is 52.9 Å². The van der Waals surface area contributed by atoms with Crippen LogP contribution in [0.3, 0.4) is 0 Å². The fourth-order valence-electron chi connectivity index (χ4n) is 0.840. The largest absolute Gasteiger partial charge is 0.393 e. The SMILES string of the molecule is CSCC[C@H](N)C(=O)NCC(C)(O)CO. The van der Waals surface area contributed by atoms with Crippen LogP contribution in [-0.2, 0) is 4.79 Å². The second-order valence-electron chi connectivity index (χ2n) is 3.76. The molecule has 2 atom stereocenters. The highest BCUT2D eigenvalue weighted by atomic mass is 32.2. The average molecular weight is 236 g/mol. The first-order valence-corrected chi connectivity index (χ1v) is 6.18. The topological polar surface area (TPSA) is 95.6 Å². The van der Waals surface area contributed by atoms with E-state index < -0.39 is 18.2 Å². The molecular weight excluding hydrogens is 216 g/mol. The van der Waals surface area contributed by atoms with Crippen molar-refractivity contribution in [2.45, 2.75) is 25.0 Å². The van der Waals surface area contributed by atoms with E-state index in [4.69, 9.17) is 10.8 Å². The van der Waals surface area contributed by atoms with Crippen LogP contribution >= 0.6 is 11.8 Å². The number of nitrogens with one attached hydrogen (secondary N) is 1. The number of thioether (sulfide) groups is 1. The van der Waals surface area contributed by atoms with Crippen molar-refractivity contribution >= 4 is 17.7 Å². The molecule has 0 aromatic carbocycles. The Morgan fingerprint density at radius 1 is 1.67 bits per heavy atom. The molecule has 5 N–H and O–H groups in total. The van der Waals surface area contributed by atoms with E-state index in [1.54, 1.807) is 11.8 Å². The molecule has 1 unspecified atom stereocenters. The molecule has 0 aromatic rings. The first-order valence-electron chi connectivity index (χ1n) is 4.78. The molecule has 0 saturated heterocycles. The van der Waals surface area contributed by atoms with Crippen molar-refractivity contribution in [3.8, 4) is 0 Å². The summed E-state index contributed by atoms with van der Waals surface area (Å²) in [7, 11) is 0. The smallest absolute Gasteiger partial charge is 0.237 e. The van der Waals surface area contributed by atoms with Crippen LogP contribution < -0.4 is 11.1 Å². The molecule has 90 valence electrons. The van der Waals surface area contributed by atoms with Gasteiger partial charge in [-0.05, 0) is 25.4 Å². The van der Waals surface area contributed by atoms with Gasteiger partial charge in [-0.25, -0.2) is 0 Å². The summed E-state index contributed by atoms with van der Waals surface area (Å²) in [4.78, 5) is 11.4. The first-order chi connectivity index (χ1) is 6.93. The predicted molar refractivity (Wildman–Crippen MR) is 61.7 cm³/mol. The Labute approximate surface area is 94.4 Å². The Balaban J connectivity index is 3.82. The fourth-order valence-corrected chi connectivity index (χ4v) is 1.33. The van der Waals surface area contributed by atoms with Crippen molar-refractivity contribution in [2.24, 2.45) is 5.73 Å². The molecule has 0 spiro atoms. The number of nitrogens with two attached hydrogens (primary N) is 1. The highest BCUT2D eigenvalue weighted by Gasteiger charge is 2.21.